The van der Waals surface area contributed by atoms with Crippen molar-refractivity contribution in [2.75, 3.05) is 6.54 Å². The van der Waals surface area contributed by atoms with Gasteiger partial charge in [-0.2, -0.15) is 0 Å². The number of halogens is 2. The summed E-state index contributed by atoms with van der Waals surface area (Å²) in [5, 5.41) is 12.8. The third-order valence-corrected chi connectivity index (χ3v) is 5.74. The zero-order valence-electron chi connectivity index (χ0n) is 17.0. The number of nitrogens with one attached hydrogen (secondary N) is 1. The van der Waals surface area contributed by atoms with Crippen LogP contribution in [-0.4, -0.2) is 39.0 Å². The number of amides is 2. The quantitative estimate of drug-likeness (QED) is 0.733. The molecule has 0 unspecified atom stereocenters. The number of aryl methyl sites for hydroxylation is 1. The van der Waals surface area contributed by atoms with Crippen molar-refractivity contribution in [2.45, 2.75) is 38.9 Å². The Morgan fingerprint density at radius 1 is 1.26 bits per heavy atom. The second kappa shape index (κ2) is 7.64. The van der Waals surface area contributed by atoms with E-state index in [9.17, 15) is 28.3 Å². The molecule has 2 bridgehead atoms. The van der Waals surface area contributed by atoms with Gasteiger partial charge in [0.1, 0.15) is 17.2 Å². The molecule has 0 saturated carbocycles. The number of aromatic nitrogens is 1. The normalized spacial score (nSPS) is 19.7. The molecule has 4 rings (SSSR count). The molecular formula is C22H21F2N3O4. The second-order valence-corrected chi connectivity index (χ2v) is 7.88. The lowest BCUT2D eigenvalue weighted by Gasteiger charge is -2.37. The van der Waals surface area contributed by atoms with Gasteiger partial charge in [0.05, 0.1) is 6.04 Å². The van der Waals surface area contributed by atoms with Crippen molar-refractivity contribution in [3.63, 3.8) is 0 Å². The summed E-state index contributed by atoms with van der Waals surface area (Å²) < 4.78 is 29.5. The Hall–Kier alpha value is -3.49. The molecule has 31 heavy (non-hydrogen) atoms. The molecule has 0 aliphatic carbocycles. The van der Waals surface area contributed by atoms with E-state index in [1.807, 2.05) is 19.1 Å². The van der Waals surface area contributed by atoms with Crippen molar-refractivity contribution >= 4 is 11.8 Å². The number of aromatic hydroxyl groups is 1. The van der Waals surface area contributed by atoms with Gasteiger partial charge >= 0.3 is 0 Å². The number of carbonyl (C=O) groups excluding carboxylic acids is 2. The molecular weight excluding hydrogens is 408 g/mol. The highest BCUT2D eigenvalue weighted by Gasteiger charge is 2.37. The lowest BCUT2D eigenvalue weighted by Crippen LogP contribution is -2.47. The first kappa shape index (κ1) is 20.8. The molecule has 7 nitrogen and oxygen atoms in total. The van der Waals surface area contributed by atoms with Crippen molar-refractivity contribution in [1.29, 1.82) is 0 Å². The monoisotopic (exact) mass is 429 g/mol. The first-order valence-electron chi connectivity index (χ1n) is 9.87. The maximum absolute atomic E-state index is 14.0. The molecule has 1 aromatic carbocycles. The van der Waals surface area contributed by atoms with Crippen LogP contribution >= 0.6 is 0 Å². The predicted octanol–water partition coefficient (Wildman–Crippen LogP) is 2.42. The van der Waals surface area contributed by atoms with Gasteiger partial charge in [-0.1, -0.05) is 12.2 Å². The van der Waals surface area contributed by atoms with Crippen molar-refractivity contribution in [3.05, 3.63) is 74.7 Å². The Kier molecular flexibility index (Phi) is 5.12. The number of pyridine rings is 1. The van der Waals surface area contributed by atoms with Crippen LogP contribution in [-0.2, 0) is 6.54 Å². The smallest absolute Gasteiger partial charge is 0.275 e. The molecule has 2 aliphatic heterocycles. The molecule has 162 valence electrons. The summed E-state index contributed by atoms with van der Waals surface area (Å²) in [6.45, 7) is 3.27. The number of hydrogen-bond acceptors (Lipinski definition) is 4. The van der Waals surface area contributed by atoms with Crippen LogP contribution in [0, 0.1) is 18.6 Å². The molecule has 0 radical (unpaired) electrons. The Labute approximate surface area is 176 Å². The van der Waals surface area contributed by atoms with E-state index in [2.05, 4.69) is 5.32 Å². The van der Waals surface area contributed by atoms with E-state index in [0.717, 1.165) is 12.1 Å². The minimum atomic E-state index is -1.01. The molecule has 1 aromatic heterocycles. The van der Waals surface area contributed by atoms with Gasteiger partial charge in [-0.15, -0.1) is 0 Å². The number of fused-ring (bicyclic) bond motifs is 4. The Morgan fingerprint density at radius 2 is 1.94 bits per heavy atom. The summed E-state index contributed by atoms with van der Waals surface area (Å²) in [7, 11) is 0. The highest BCUT2D eigenvalue weighted by Crippen LogP contribution is 2.31. The van der Waals surface area contributed by atoms with Crippen LogP contribution in [0.3, 0.4) is 0 Å². The SMILES string of the molecule is Cc1cc(F)c(CNC(=O)c2cn3c(c(O)c2=O)C(=O)N2C[C@@H]3CC=C[C@@H]2C)c(F)c1. The summed E-state index contributed by atoms with van der Waals surface area (Å²) in [5.41, 5.74) is -1.52. The van der Waals surface area contributed by atoms with E-state index in [0.29, 0.717) is 18.5 Å². The van der Waals surface area contributed by atoms with Crippen LogP contribution in [0.15, 0.2) is 35.3 Å². The lowest BCUT2D eigenvalue weighted by molar-refractivity contribution is 0.0629. The highest BCUT2D eigenvalue weighted by molar-refractivity contribution is 5.99. The maximum Gasteiger partial charge on any atom is 0.275 e. The highest BCUT2D eigenvalue weighted by atomic mass is 19.1. The van der Waals surface area contributed by atoms with Crippen LogP contribution in [0.2, 0.25) is 0 Å². The minimum absolute atomic E-state index is 0.163. The first-order valence-corrected chi connectivity index (χ1v) is 9.87. The number of benzene rings is 1. The fourth-order valence-electron chi connectivity index (χ4n) is 4.05. The Bertz CT molecular complexity index is 1170. The fraction of sp³-hybridized carbons (Fsp3) is 0.318. The fourth-order valence-corrected chi connectivity index (χ4v) is 4.05. The van der Waals surface area contributed by atoms with Gasteiger partial charge in [-0.25, -0.2) is 8.78 Å². The van der Waals surface area contributed by atoms with Gasteiger partial charge < -0.3 is 19.9 Å². The number of nitrogens with zero attached hydrogens (tertiary/aromatic N) is 2. The van der Waals surface area contributed by atoms with Crippen LogP contribution in [0.1, 0.15) is 51.4 Å². The molecule has 3 heterocycles. The van der Waals surface area contributed by atoms with Crippen LogP contribution in [0.4, 0.5) is 8.78 Å². The van der Waals surface area contributed by atoms with Gasteiger partial charge in [0.15, 0.2) is 11.4 Å². The number of hydrogen-bond donors (Lipinski definition) is 2. The molecule has 2 aromatic rings. The predicted molar refractivity (Wildman–Crippen MR) is 108 cm³/mol. The lowest BCUT2D eigenvalue weighted by atomic mass is 10.1. The molecule has 0 spiro atoms. The molecule has 2 N–H and O–H groups in total. The number of carbonyl (C=O) groups is 2. The molecule has 2 atom stereocenters. The Balaban J connectivity index is 1.68. The van der Waals surface area contributed by atoms with Crippen molar-refractivity contribution in [3.8, 4) is 5.75 Å². The molecule has 9 heteroatoms. The minimum Gasteiger partial charge on any atom is -0.503 e. The summed E-state index contributed by atoms with van der Waals surface area (Å²) in [6.07, 6.45) is 5.57. The second-order valence-electron chi connectivity index (χ2n) is 7.88. The zero-order chi connectivity index (χ0) is 22.4. The van der Waals surface area contributed by atoms with E-state index in [1.54, 1.807) is 4.90 Å². The van der Waals surface area contributed by atoms with Gasteiger partial charge in [-0.05, 0) is 38.0 Å². The van der Waals surface area contributed by atoms with Crippen LogP contribution < -0.4 is 10.7 Å². The maximum atomic E-state index is 14.0. The van der Waals surface area contributed by atoms with Crippen molar-refractivity contribution in [1.82, 2.24) is 14.8 Å². The van der Waals surface area contributed by atoms with Crippen molar-refractivity contribution in [2.24, 2.45) is 0 Å². The number of allylic oxidation sites excluding steroid dienone is 1. The summed E-state index contributed by atoms with van der Waals surface area (Å²) in [5.74, 6) is -3.84. The summed E-state index contributed by atoms with van der Waals surface area (Å²) in [4.78, 5) is 39.7. The average molecular weight is 429 g/mol. The third-order valence-electron chi connectivity index (χ3n) is 5.74. The van der Waals surface area contributed by atoms with Crippen LogP contribution in [0.5, 0.6) is 5.75 Å². The molecule has 0 fully saturated rings. The van der Waals surface area contributed by atoms with Crippen molar-refractivity contribution < 1.29 is 23.5 Å². The zero-order valence-corrected chi connectivity index (χ0v) is 17.0. The summed E-state index contributed by atoms with van der Waals surface area (Å²) in [6, 6.07) is 1.83. The van der Waals surface area contributed by atoms with Gasteiger partial charge in [0.25, 0.3) is 11.8 Å². The summed E-state index contributed by atoms with van der Waals surface area (Å²) >= 11 is 0. The van der Waals surface area contributed by atoms with E-state index in [-0.39, 0.29) is 23.3 Å². The molecule has 0 saturated heterocycles. The standard InChI is InChI=1S/C22H21F2N3O4/c1-11-6-16(23)14(17(24)7-11)8-25-21(30)15-10-27-13-5-3-4-12(2)26(9-13)22(31)18(27)20(29)19(15)28/h3-4,6-7,10,12-13,29H,5,8-9H2,1-2H3,(H,25,30)/t12-,13-/m0/s1. The van der Waals surface area contributed by atoms with E-state index >= 15 is 0 Å². The topological polar surface area (TPSA) is 91.6 Å². The van der Waals surface area contributed by atoms with Gasteiger partial charge in [0, 0.05) is 30.9 Å². The first-order chi connectivity index (χ1) is 14.7. The Morgan fingerprint density at radius 3 is 2.61 bits per heavy atom. The van der Waals surface area contributed by atoms with E-state index in [1.165, 1.54) is 17.7 Å². The third kappa shape index (κ3) is 3.49. The molecule has 2 amide bonds. The number of rotatable bonds is 3. The van der Waals surface area contributed by atoms with E-state index < -0.39 is 46.7 Å². The van der Waals surface area contributed by atoms with E-state index in [4.69, 9.17) is 0 Å². The largest absolute Gasteiger partial charge is 0.503 e. The molecule has 2 aliphatic rings. The van der Waals surface area contributed by atoms with Crippen LogP contribution in [0.25, 0.3) is 0 Å². The van der Waals surface area contributed by atoms with Gasteiger partial charge in [-0.3, -0.25) is 14.4 Å². The van der Waals surface area contributed by atoms with Gasteiger partial charge in [0.2, 0.25) is 5.43 Å². The average Bonchev–Trinajstić information content (AvgIpc) is 2.87.